The van der Waals surface area contributed by atoms with Crippen LogP contribution < -0.4 is 11.1 Å². The number of benzene rings is 2. The molecule has 0 saturated heterocycles. The van der Waals surface area contributed by atoms with E-state index >= 15 is 0 Å². The summed E-state index contributed by atoms with van der Waals surface area (Å²) in [4.78, 5) is 27.9. The number of hydrogen-bond donors (Lipinski definition) is 2. The topological polar surface area (TPSA) is 75.4 Å². The molecule has 0 bridgehead atoms. The lowest BCUT2D eigenvalue weighted by Gasteiger charge is -2.39. The van der Waals surface area contributed by atoms with Crippen molar-refractivity contribution in [3.8, 4) is 0 Å². The number of nitrogens with zero attached hydrogens (tertiary/aromatic N) is 1. The van der Waals surface area contributed by atoms with Crippen LogP contribution in [0.15, 0.2) is 42.5 Å². The fourth-order valence-electron chi connectivity index (χ4n) is 5.16. The second kappa shape index (κ2) is 11.1. The summed E-state index contributed by atoms with van der Waals surface area (Å²) in [5.41, 5.74) is 7.52. The predicted octanol–water partition coefficient (Wildman–Crippen LogP) is 5.40. The summed E-state index contributed by atoms with van der Waals surface area (Å²) < 4.78 is 26.8. The average Bonchev–Trinajstić information content (AvgIpc) is 2.84. The van der Waals surface area contributed by atoms with Crippen molar-refractivity contribution in [2.45, 2.75) is 76.4 Å². The van der Waals surface area contributed by atoms with Crippen LogP contribution in [-0.2, 0) is 11.3 Å². The lowest BCUT2D eigenvalue weighted by atomic mass is 9.85. The fourth-order valence-corrected chi connectivity index (χ4v) is 5.16. The molecule has 3 N–H and O–H groups in total. The molecule has 0 spiro atoms. The Labute approximate surface area is 199 Å². The van der Waals surface area contributed by atoms with E-state index in [1.807, 2.05) is 12.1 Å². The molecule has 2 saturated carbocycles. The van der Waals surface area contributed by atoms with Crippen LogP contribution in [0.3, 0.4) is 0 Å². The molecular formula is C27H33F2N3O2. The number of nitrogens with one attached hydrogen (secondary N) is 1. The minimum Gasteiger partial charge on any atom is -0.335 e. The maximum Gasteiger partial charge on any atom is 0.255 e. The van der Waals surface area contributed by atoms with Gasteiger partial charge < -0.3 is 16.0 Å². The van der Waals surface area contributed by atoms with Crippen LogP contribution in [0.2, 0.25) is 0 Å². The fraction of sp³-hybridized carbons (Fsp3) is 0.481. The molecule has 2 fully saturated rings. The van der Waals surface area contributed by atoms with E-state index < -0.39 is 17.5 Å². The number of carbonyl (C=O) groups excluding carboxylic acids is 2. The molecule has 0 aromatic heterocycles. The summed E-state index contributed by atoms with van der Waals surface area (Å²) in [5, 5.41) is 2.67. The predicted molar refractivity (Wildman–Crippen MR) is 128 cm³/mol. The number of anilines is 1. The Bertz CT molecular complexity index is 977. The van der Waals surface area contributed by atoms with Gasteiger partial charge in [-0.25, -0.2) is 8.78 Å². The molecule has 7 heteroatoms. The number of halogens is 2. The molecule has 182 valence electrons. The van der Waals surface area contributed by atoms with Gasteiger partial charge in [0.25, 0.3) is 5.91 Å². The molecule has 2 aromatic carbocycles. The quantitative estimate of drug-likeness (QED) is 0.595. The Morgan fingerprint density at radius 3 is 2.12 bits per heavy atom. The maximum absolute atomic E-state index is 13.5. The highest BCUT2D eigenvalue weighted by atomic mass is 19.1. The molecule has 2 aliphatic rings. The van der Waals surface area contributed by atoms with Gasteiger partial charge in [-0.3, -0.25) is 9.59 Å². The third-order valence-electron chi connectivity index (χ3n) is 7.11. The molecule has 4 rings (SSSR count). The second-order valence-electron chi connectivity index (χ2n) is 9.68. The standard InChI is InChI=1S/C27H33F2N3O2/c28-21-14-20(15-22(29)16-21)26(33)31-24-10-6-18(7-11-24)17-32(25-12-8-23(30)9-13-25)27(34)19-4-2-1-3-5-19/h6-7,10-11,14-16,19,23,25H,1-5,8-9,12-13,17,30H2,(H,31,33). The molecule has 2 aromatic rings. The van der Waals surface area contributed by atoms with Crippen LogP contribution in [-0.4, -0.2) is 28.8 Å². The van der Waals surface area contributed by atoms with Crippen molar-refractivity contribution in [3.63, 3.8) is 0 Å². The zero-order chi connectivity index (χ0) is 24.1. The van der Waals surface area contributed by atoms with E-state index in [2.05, 4.69) is 10.2 Å². The molecule has 0 heterocycles. The van der Waals surface area contributed by atoms with Gasteiger partial charge in [-0.05, 0) is 68.4 Å². The van der Waals surface area contributed by atoms with Gasteiger partial charge in [-0.15, -0.1) is 0 Å². The van der Waals surface area contributed by atoms with E-state index in [0.717, 1.165) is 75.1 Å². The van der Waals surface area contributed by atoms with E-state index in [1.165, 1.54) is 6.42 Å². The number of amides is 2. The van der Waals surface area contributed by atoms with Gasteiger partial charge >= 0.3 is 0 Å². The Hall–Kier alpha value is -2.80. The minimum absolute atomic E-state index is 0.0821. The monoisotopic (exact) mass is 469 g/mol. The molecule has 0 unspecified atom stereocenters. The van der Waals surface area contributed by atoms with Crippen LogP contribution in [0.25, 0.3) is 0 Å². The third kappa shape index (κ3) is 6.20. The van der Waals surface area contributed by atoms with Crippen molar-refractivity contribution >= 4 is 17.5 Å². The molecule has 0 atom stereocenters. The Morgan fingerprint density at radius 2 is 1.50 bits per heavy atom. The number of nitrogens with two attached hydrogens (primary N) is 1. The molecular weight excluding hydrogens is 436 g/mol. The number of carbonyl (C=O) groups is 2. The first-order valence-electron chi connectivity index (χ1n) is 12.3. The second-order valence-corrected chi connectivity index (χ2v) is 9.68. The highest BCUT2D eigenvalue weighted by Gasteiger charge is 2.32. The van der Waals surface area contributed by atoms with E-state index in [-0.39, 0.29) is 29.5 Å². The van der Waals surface area contributed by atoms with Crippen molar-refractivity contribution in [2.24, 2.45) is 11.7 Å². The molecule has 0 aliphatic heterocycles. The van der Waals surface area contributed by atoms with Crippen LogP contribution in [0.1, 0.15) is 73.7 Å². The van der Waals surface area contributed by atoms with Crippen LogP contribution in [0, 0.1) is 17.6 Å². The van der Waals surface area contributed by atoms with E-state index in [0.29, 0.717) is 12.2 Å². The van der Waals surface area contributed by atoms with Gasteiger partial charge in [0.2, 0.25) is 5.91 Å². The van der Waals surface area contributed by atoms with E-state index in [4.69, 9.17) is 5.73 Å². The van der Waals surface area contributed by atoms with Gasteiger partial charge in [-0.2, -0.15) is 0 Å². The first kappa shape index (κ1) is 24.3. The van der Waals surface area contributed by atoms with Crippen molar-refractivity contribution in [3.05, 3.63) is 65.2 Å². The largest absolute Gasteiger partial charge is 0.335 e. The summed E-state index contributed by atoms with van der Waals surface area (Å²) in [5.74, 6) is -1.82. The zero-order valence-corrected chi connectivity index (χ0v) is 19.4. The van der Waals surface area contributed by atoms with E-state index in [1.54, 1.807) is 12.1 Å². The summed E-state index contributed by atoms with van der Waals surface area (Å²) in [7, 11) is 0. The molecule has 34 heavy (non-hydrogen) atoms. The maximum atomic E-state index is 13.5. The summed E-state index contributed by atoms with van der Waals surface area (Å²) >= 11 is 0. The number of hydrogen-bond acceptors (Lipinski definition) is 3. The average molecular weight is 470 g/mol. The van der Waals surface area contributed by atoms with Crippen LogP contribution in [0.4, 0.5) is 14.5 Å². The van der Waals surface area contributed by atoms with E-state index in [9.17, 15) is 18.4 Å². The summed E-state index contributed by atoms with van der Waals surface area (Å²) in [6.45, 7) is 0.526. The lowest BCUT2D eigenvalue weighted by molar-refractivity contribution is -0.140. The Morgan fingerprint density at radius 1 is 0.882 bits per heavy atom. The summed E-state index contributed by atoms with van der Waals surface area (Å²) in [6.07, 6.45) is 9.09. The normalized spacial score (nSPS) is 21.1. The van der Waals surface area contributed by atoms with Crippen molar-refractivity contribution in [1.29, 1.82) is 0 Å². The third-order valence-corrected chi connectivity index (χ3v) is 7.11. The van der Waals surface area contributed by atoms with Gasteiger partial charge in [0.05, 0.1) is 0 Å². The van der Waals surface area contributed by atoms with Crippen molar-refractivity contribution in [2.75, 3.05) is 5.32 Å². The van der Waals surface area contributed by atoms with Gasteiger partial charge in [0.1, 0.15) is 11.6 Å². The highest BCUT2D eigenvalue weighted by Crippen LogP contribution is 2.30. The minimum atomic E-state index is -0.799. The Kier molecular flexibility index (Phi) is 7.93. The van der Waals surface area contributed by atoms with Crippen molar-refractivity contribution in [1.82, 2.24) is 4.90 Å². The highest BCUT2D eigenvalue weighted by molar-refractivity contribution is 6.04. The molecule has 5 nitrogen and oxygen atoms in total. The van der Waals surface area contributed by atoms with Gasteiger partial charge in [0.15, 0.2) is 0 Å². The molecule has 0 radical (unpaired) electrons. The van der Waals surface area contributed by atoms with Gasteiger partial charge in [0, 0.05) is 41.9 Å². The van der Waals surface area contributed by atoms with Crippen LogP contribution in [0.5, 0.6) is 0 Å². The number of rotatable bonds is 6. The smallest absolute Gasteiger partial charge is 0.255 e. The first-order valence-corrected chi connectivity index (χ1v) is 12.3. The van der Waals surface area contributed by atoms with Crippen LogP contribution >= 0.6 is 0 Å². The molecule has 2 amide bonds. The van der Waals surface area contributed by atoms with Crippen molar-refractivity contribution < 1.29 is 18.4 Å². The van der Waals surface area contributed by atoms with Gasteiger partial charge in [-0.1, -0.05) is 31.4 Å². The Balaban J connectivity index is 1.44. The SMILES string of the molecule is NC1CCC(N(Cc2ccc(NC(=O)c3cc(F)cc(F)c3)cc2)C(=O)C2CCCCC2)CC1. The summed E-state index contributed by atoms with van der Waals surface area (Å²) in [6, 6.07) is 10.4. The molecule has 2 aliphatic carbocycles. The zero-order valence-electron chi connectivity index (χ0n) is 19.4. The first-order chi connectivity index (χ1) is 16.4. The lowest BCUT2D eigenvalue weighted by Crippen LogP contribution is -2.46.